The van der Waals surface area contributed by atoms with Crippen molar-refractivity contribution < 1.29 is 9.18 Å². The van der Waals surface area contributed by atoms with E-state index in [1.54, 1.807) is 18.2 Å². The number of hydrogen-bond donors (Lipinski definition) is 2. The van der Waals surface area contributed by atoms with Gasteiger partial charge in [0, 0.05) is 11.8 Å². The van der Waals surface area contributed by atoms with Crippen molar-refractivity contribution in [3.8, 4) is 0 Å². The lowest BCUT2D eigenvalue weighted by molar-refractivity contribution is -0.115. The average molecular weight is 328 g/mol. The molecule has 0 aliphatic carbocycles. The first-order valence-electron chi connectivity index (χ1n) is 7.07. The number of thiocarbonyl (C=S) groups is 1. The van der Waals surface area contributed by atoms with Crippen LogP contribution in [-0.2, 0) is 4.79 Å². The van der Waals surface area contributed by atoms with Crippen LogP contribution in [0.5, 0.6) is 0 Å². The minimum absolute atomic E-state index is 0.224. The SMILES string of the molecule is Cc1ccc(NC(=S)NC(=O)C=Cc2ccc(F)cc2)cc1C. The molecule has 0 radical (unpaired) electrons. The summed E-state index contributed by atoms with van der Waals surface area (Å²) >= 11 is 5.11. The van der Waals surface area contributed by atoms with E-state index in [9.17, 15) is 9.18 Å². The van der Waals surface area contributed by atoms with Gasteiger partial charge in [-0.1, -0.05) is 18.2 Å². The van der Waals surface area contributed by atoms with Crippen molar-refractivity contribution in [2.45, 2.75) is 13.8 Å². The molecule has 2 aromatic rings. The monoisotopic (exact) mass is 328 g/mol. The van der Waals surface area contributed by atoms with Gasteiger partial charge in [-0.25, -0.2) is 4.39 Å². The number of nitrogens with one attached hydrogen (secondary N) is 2. The molecular formula is C18H17FN2OS. The average Bonchev–Trinajstić information content (AvgIpc) is 2.50. The first-order valence-corrected chi connectivity index (χ1v) is 7.48. The van der Waals surface area contributed by atoms with E-state index in [0.717, 1.165) is 16.8 Å². The molecule has 0 fully saturated rings. The highest BCUT2D eigenvalue weighted by Gasteiger charge is 2.02. The molecule has 0 aliphatic heterocycles. The Bertz CT molecular complexity index is 754. The Morgan fingerprint density at radius 3 is 2.43 bits per heavy atom. The van der Waals surface area contributed by atoms with Crippen molar-refractivity contribution in [2.24, 2.45) is 0 Å². The van der Waals surface area contributed by atoms with Crippen molar-refractivity contribution in [3.63, 3.8) is 0 Å². The molecule has 0 spiro atoms. The van der Waals surface area contributed by atoms with E-state index in [4.69, 9.17) is 12.2 Å². The highest BCUT2D eigenvalue weighted by molar-refractivity contribution is 7.80. The summed E-state index contributed by atoms with van der Waals surface area (Å²) < 4.78 is 12.8. The van der Waals surface area contributed by atoms with Gasteiger partial charge in [0.1, 0.15) is 5.82 Å². The lowest BCUT2D eigenvalue weighted by atomic mass is 10.1. The number of amides is 1. The molecule has 0 heterocycles. The highest BCUT2D eigenvalue weighted by atomic mass is 32.1. The fourth-order valence-corrected chi connectivity index (χ4v) is 2.10. The fourth-order valence-electron chi connectivity index (χ4n) is 1.88. The largest absolute Gasteiger partial charge is 0.332 e. The minimum atomic E-state index is -0.351. The molecular weight excluding hydrogens is 311 g/mol. The molecule has 0 aliphatic rings. The van der Waals surface area contributed by atoms with Crippen LogP contribution in [0.2, 0.25) is 0 Å². The Balaban J connectivity index is 1.90. The third kappa shape index (κ3) is 5.30. The van der Waals surface area contributed by atoms with Gasteiger partial charge in [0.2, 0.25) is 5.91 Å². The molecule has 0 saturated heterocycles. The van der Waals surface area contributed by atoms with Gasteiger partial charge in [-0.15, -0.1) is 0 Å². The van der Waals surface area contributed by atoms with Gasteiger partial charge in [-0.2, -0.15) is 0 Å². The Morgan fingerprint density at radius 2 is 1.78 bits per heavy atom. The lowest BCUT2D eigenvalue weighted by Gasteiger charge is -2.09. The Kier molecular flexibility index (Phi) is 5.60. The van der Waals surface area contributed by atoms with Gasteiger partial charge in [0.05, 0.1) is 0 Å². The predicted octanol–water partition coefficient (Wildman–Crippen LogP) is 3.97. The quantitative estimate of drug-likeness (QED) is 0.662. The molecule has 0 bridgehead atoms. The standard InChI is InChI=1S/C18H17FN2OS/c1-12-3-9-16(11-13(12)2)20-18(23)21-17(22)10-6-14-4-7-15(19)8-5-14/h3-11H,1-2H3,(H2,20,21,22,23). The van der Waals surface area contributed by atoms with Crippen molar-refractivity contribution in [3.05, 3.63) is 71.0 Å². The first-order chi connectivity index (χ1) is 10.9. The van der Waals surface area contributed by atoms with E-state index in [1.165, 1.54) is 23.8 Å². The van der Waals surface area contributed by atoms with Gasteiger partial charge < -0.3 is 5.32 Å². The third-order valence-electron chi connectivity index (χ3n) is 3.30. The molecule has 0 saturated carbocycles. The number of halogens is 1. The zero-order chi connectivity index (χ0) is 16.8. The second-order valence-corrected chi connectivity index (χ2v) is 5.54. The zero-order valence-electron chi connectivity index (χ0n) is 12.9. The van der Waals surface area contributed by atoms with Crippen LogP contribution in [0, 0.1) is 19.7 Å². The summed E-state index contributed by atoms with van der Waals surface area (Å²) in [5.74, 6) is -0.666. The summed E-state index contributed by atoms with van der Waals surface area (Å²) in [4.78, 5) is 11.8. The molecule has 2 N–H and O–H groups in total. The van der Waals surface area contributed by atoms with Gasteiger partial charge in [-0.05, 0) is 73.1 Å². The summed E-state index contributed by atoms with van der Waals surface area (Å²) in [6.45, 7) is 4.03. The van der Waals surface area contributed by atoms with E-state index in [-0.39, 0.29) is 16.8 Å². The molecule has 23 heavy (non-hydrogen) atoms. The Morgan fingerprint density at radius 1 is 1.09 bits per heavy atom. The van der Waals surface area contributed by atoms with Gasteiger partial charge >= 0.3 is 0 Å². The van der Waals surface area contributed by atoms with Crippen LogP contribution < -0.4 is 10.6 Å². The van der Waals surface area contributed by atoms with E-state index >= 15 is 0 Å². The van der Waals surface area contributed by atoms with Crippen LogP contribution >= 0.6 is 12.2 Å². The number of rotatable bonds is 3. The molecule has 0 unspecified atom stereocenters. The minimum Gasteiger partial charge on any atom is -0.332 e. The first kappa shape index (κ1) is 16.8. The summed E-state index contributed by atoms with van der Waals surface area (Å²) in [6, 6.07) is 11.7. The molecule has 118 valence electrons. The molecule has 0 aromatic heterocycles. The maximum atomic E-state index is 12.8. The van der Waals surface area contributed by atoms with Crippen LogP contribution in [0.3, 0.4) is 0 Å². The normalized spacial score (nSPS) is 10.6. The van der Waals surface area contributed by atoms with Crippen LogP contribution in [0.4, 0.5) is 10.1 Å². The summed E-state index contributed by atoms with van der Waals surface area (Å²) in [5, 5.41) is 5.75. The molecule has 3 nitrogen and oxygen atoms in total. The van der Waals surface area contributed by atoms with Crippen LogP contribution in [0.1, 0.15) is 16.7 Å². The number of benzene rings is 2. The smallest absolute Gasteiger partial charge is 0.250 e. The highest BCUT2D eigenvalue weighted by Crippen LogP contribution is 2.13. The van der Waals surface area contributed by atoms with Gasteiger partial charge in [0.25, 0.3) is 0 Å². The second kappa shape index (κ2) is 7.65. The topological polar surface area (TPSA) is 41.1 Å². The number of carbonyl (C=O) groups excluding carboxylic acids is 1. The molecule has 5 heteroatoms. The number of aryl methyl sites for hydroxylation is 2. The van der Waals surface area contributed by atoms with Crippen LogP contribution in [0.25, 0.3) is 6.08 Å². The molecule has 1 amide bonds. The van der Waals surface area contributed by atoms with Crippen LogP contribution in [-0.4, -0.2) is 11.0 Å². The Labute approximate surface area is 140 Å². The van der Waals surface area contributed by atoms with Gasteiger partial charge in [0.15, 0.2) is 5.11 Å². The van der Waals surface area contributed by atoms with Crippen molar-refractivity contribution in [1.29, 1.82) is 0 Å². The van der Waals surface area contributed by atoms with E-state index in [0.29, 0.717) is 0 Å². The predicted molar refractivity (Wildman–Crippen MR) is 95.7 cm³/mol. The van der Waals surface area contributed by atoms with Crippen molar-refractivity contribution in [2.75, 3.05) is 5.32 Å². The van der Waals surface area contributed by atoms with E-state index < -0.39 is 0 Å². The maximum Gasteiger partial charge on any atom is 0.250 e. The summed E-state index contributed by atoms with van der Waals surface area (Å²) in [6.07, 6.45) is 2.94. The molecule has 2 rings (SSSR count). The number of hydrogen-bond acceptors (Lipinski definition) is 2. The lowest BCUT2D eigenvalue weighted by Crippen LogP contribution is -2.32. The van der Waals surface area contributed by atoms with Gasteiger partial charge in [-0.3, -0.25) is 10.1 Å². The van der Waals surface area contributed by atoms with Crippen LogP contribution in [0.15, 0.2) is 48.5 Å². The molecule has 0 atom stereocenters. The second-order valence-electron chi connectivity index (χ2n) is 5.13. The molecule has 2 aromatic carbocycles. The number of carbonyl (C=O) groups is 1. The summed E-state index contributed by atoms with van der Waals surface area (Å²) in [5.41, 5.74) is 3.88. The fraction of sp³-hybridized carbons (Fsp3) is 0.111. The summed E-state index contributed by atoms with van der Waals surface area (Å²) in [7, 11) is 0. The Hall–Kier alpha value is -2.53. The third-order valence-corrected chi connectivity index (χ3v) is 3.50. The zero-order valence-corrected chi connectivity index (χ0v) is 13.7. The van der Waals surface area contributed by atoms with Crippen molar-refractivity contribution in [1.82, 2.24) is 5.32 Å². The van der Waals surface area contributed by atoms with E-state index in [2.05, 4.69) is 10.6 Å². The number of anilines is 1. The van der Waals surface area contributed by atoms with Crippen molar-refractivity contribution >= 4 is 35.0 Å². The van der Waals surface area contributed by atoms with E-state index in [1.807, 2.05) is 32.0 Å². The maximum absolute atomic E-state index is 12.8.